The van der Waals surface area contributed by atoms with E-state index in [2.05, 4.69) is 29.5 Å². The first-order chi connectivity index (χ1) is 11.6. The minimum atomic E-state index is -0.243. The molecular weight excluding hydrogens is 305 g/mol. The molecule has 4 nitrogen and oxygen atoms in total. The van der Waals surface area contributed by atoms with E-state index in [1.807, 2.05) is 0 Å². The zero-order valence-corrected chi connectivity index (χ0v) is 14.2. The van der Waals surface area contributed by atoms with Crippen LogP contribution in [0, 0.1) is 11.7 Å². The van der Waals surface area contributed by atoms with Crippen LogP contribution in [-0.2, 0) is 6.42 Å². The predicted octanol–water partition coefficient (Wildman–Crippen LogP) is 3.65. The molecule has 1 aromatic carbocycles. The second kappa shape index (κ2) is 9.01. The summed E-state index contributed by atoms with van der Waals surface area (Å²) in [7, 11) is 0. The summed E-state index contributed by atoms with van der Waals surface area (Å²) < 4.78 is 13.5. The minimum absolute atomic E-state index is 0.180. The predicted molar refractivity (Wildman–Crippen MR) is 94.6 cm³/mol. The molecule has 0 radical (unpaired) electrons. The highest BCUT2D eigenvalue weighted by Gasteiger charge is 2.07. The van der Waals surface area contributed by atoms with Crippen LogP contribution in [0.15, 0.2) is 42.6 Å². The first-order valence-corrected chi connectivity index (χ1v) is 8.28. The van der Waals surface area contributed by atoms with Crippen LogP contribution in [0.5, 0.6) is 0 Å². The number of carbonyl (C=O) groups is 1. The van der Waals surface area contributed by atoms with E-state index in [1.165, 1.54) is 6.07 Å². The van der Waals surface area contributed by atoms with Gasteiger partial charge in [0, 0.05) is 24.8 Å². The van der Waals surface area contributed by atoms with Crippen LogP contribution in [0.3, 0.4) is 0 Å². The fraction of sp³-hybridized carbons (Fsp3) is 0.368. The molecule has 2 N–H and O–H groups in total. The van der Waals surface area contributed by atoms with Crippen LogP contribution in [0.1, 0.15) is 36.2 Å². The van der Waals surface area contributed by atoms with Gasteiger partial charge in [0.2, 0.25) is 0 Å². The lowest BCUT2D eigenvalue weighted by atomic mass is 10.1. The minimum Gasteiger partial charge on any atom is -0.370 e. The monoisotopic (exact) mass is 329 g/mol. The van der Waals surface area contributed by atoms with E-state index >= 15 is 0 Å². The van der Waals surface area contributed by atoms with Gasteiger partial charge < -0.3 is 10.6 Å². The number of pyridine rings is 1. The zero-order valence-electron chi connectivity index (χ0n) is 14.2. The Morgan fingerprint density at radius 3 is 2.75 bits per heavy atom. The lowest BCUT2D eigenvalue weighted by molar-refractivity contribution is 0.0954. The Kier molecular flexibility index (Phi) is 6.73. The summed E-state index contributed by atoms with van der Waals surface area (Å²) in [5.41, 5.74) is 1.15. The van der Waals surface area contributed by atoms with Gasteiger partial charge in [-0.15, -0.1) is 0 Å². The van der Waals surface area contributed by atoms with Crippen molar-refractivity contribution in [2.24, 2.45) is 5.92 Å². The number of rotatable bonds is 8. The number of nitrogens with zero attached hydrogens (tertiary/aromatic N) is 1. The summed E-state index contributed by atoms with van der Waals surface area (Å²) in [5.74, 6) is 0.882. The largest absolute Gasteiger partial charge is 0.370 e. The van der Waals surface area contributed by atoms with Crippen molar-refractivity contribution in [3.8, 4) is 0 Å². The Hall–Kier alpha value is -2.43. The standard InChI is InChI=1S/C19H24FN3O/c1-14(2)7-10-21-18-13-16(9-11-22-18)19(24)23-12-8-15-5-3-4-6-17(15)20/h3-6,9,11,13-14H,7-8,10,12H2,1-2H3,(H,21,22)(H,23,24). The smallest absolute Gasteiger partial charge is 0.251 e. The third-order valence-corrected chi connectivity index (χ3v) is 3.69. The summed E-state index contributed by atoms with van der Waals surface area (Å²) >= 11 is 0. The van der Waals surface area contributed by atoms with Gasteiger partial charge in [-0.25, -0.2) is 9.37 Å². The van der Waals surface area contributed by atoms with E-state index < -0.39 is 0 Å². The molecule has 24 heavy (non-hydrogen) atoms. The number of halogens is 1. The third kappa shape index (κ3) is 5.65. The topological polar surface area (TPSA) is 54.0 Å². The van der Waals surface area contributed by atoms with Gasteiger partial charge in [0.05, 0.1) is 0 Å². The molecule has 0 fully saturated rings. The summed E-state index contributed by atoms with van der Waals surface area (Å²) in [6, 6.07) is 10.0. The molecular formula is C19H24FN3O. The van der Waals surface area contributed by atoms with Crippen molar-refractivity contribution in [2.45, 2.75) is 26.7 Å². The number of nitrogens with one attached hydrogen (secondary N) is 2. The van der Waals surface area contributed by atoms with Crippen LogP contribution < -0.4 is 10.6 Å². The van der Waals surface area contributed by atoms with Gasteiger partial charge in [0.25, 0.3) is 5.91 Å². The first kappa shape index (κ1) is 17.9. The Morgan fingerprint density at radius 1 is 1.21 bits per heavy atom. The molecule has 1 amide bonds. The normalized spacial score (nSPS) is 10.7. The Balaban J connectivity index is 1.84. The SMILES string of the molecule is CC(C)CCNc1cc(C(=O)NCCc2ccccc2F)ccn1. The number of carbonyl (C=O) groups excluding carboxylic acids is 1. The van der Waals surface area contributed by atoms with Crippen molar-refractivity contribution in [3.05, 3.63) is 59.5 Å². The molecule has 0 bridgehead atoms. The maximum Gasteiger partial charge on any atom is 0.251 e. The van der Waals surface area contributed by atoms with Crippen LogP contribution in [0.2, 0.25) is 0 Å². The van der Waals surface area contributed by atoms with Gasteiger partial charge in [-0.1, -0.05) is 32.0 Å². The van der Waals surface area contributed by atoms with Crippen LogP contribution in [0.4, 0.5) is 10.2 Å². The average molecular weight is 329 g/mol. The number of hydrogen-bond donors (Lipinski definition) is 2. The van der Waals surface area contributed by atoms with Crippen LogP contribution >= 0.6 is 0 Å². The molecule has 0 atom stereocenters. The van der Waals surface area contributed by atoms with Crippen molar-refractivity contribution in [2.75, 3.05) is 18.4 Å². The van der Waals surface area contributed by atoms with E-state index in [4.69, 9.17) is 0 Å². The van der Waals surface area contributed by atoms with E-state index in [0.717, 1.165) is 13.0 Å². The maximum atomic E-state index is 13.5. The molecule has 1 heterocycles. The second-order valence-corrected chi connectivity index (χ2v) is 6.14. The molecule has 128 valence electrons. The molecule has 5 heteroatoms. The summed E-state index contributed by atoms with van der Waals surface area (Å²) in [6.45, 7) is 5.53. The number of benzene rings is 1. The highest BCUT2D eigenvalue weighted by molar-refractivity contribution is 5.94. The number of amides is 1. The van der Waals surface area contributed by atoms with Gasteiger partial charge in [0.15, 0.2) is 0 Å². The quantitative estimate of drug-likeness (QED) is 0.777. The molecule has 0 saturated carbocycles. The van der Waals surface area contributed by atoms with E-state index in [0.29, 0.717) is 35.8 Å². The summed E-state index contributed by atoms with van der Waals surface area (Å²) in [6.07, 6.45) is 3.12. The summed E-state index contributed by atoms with van der Waals surface area (Å²) in [5, 5.41) is 6.04. The molecule has 0 aliphatic heterocycles. The summed E-state index contributed by atoms with van der Waals surface area (Å²) in [4.78, 5) is 16.4. The molecule has 2 rings (SSSR count). The van der Waals surface area contributed by atoms with E-state index in [-0.39, 0.29) is 11.7 Å². The van der Waals surface area contributed by atoms with Crippen LogP contribution in [-0.4, -0.2) is 24.0 Å². The Labute approximate surface area is 142 Å². The van der Waals surface area contributed by atoms with E-state index in [1.54, 1.807) is 36.5 Å². The van der Waals surface area contributed by atoms with Gasteiger partial charge in [-0.05, 0) is 42.5 Å². The van der Waals surface area contributed by atoms with Crippen molar-refractivity contribution in [1.82, 2.24) is 10.3 Å². The highest BCUT2D eigenvalue weighted by atomic mass is 19.1. The molecule has 1 aromatic heterocycles. The molecule has 0 saturated heterocycles. The molecule has 0 aliphatic rings. The Bertz CT molecular complexity index is 673. The highest BCUT2D eigenvalue weighted by Crippen LogP contribution is 2.09. The maximum absolute atomic E-state index is 13.5. The molecule has 0 aliphatic carbocycles. The lowest BCUT2D eigenvalue weighted by Gasteiger charge is -2.09. The zero-order chi connectivity index (χ0) is 17.4. The van der Waals surface area contributed by atoms with E-state index in [9.17, 15) is 9.18 Å². The fourth-order valence-electron chi connectivity index (χ4n) is 2.27. The third-order valence-electron chi connectivity index (χ3n) is 3.69. The fourth-order valence-corrected chi connectivity index (χ4v) is 2.27. The molecule has 2 aromatic rings. The Morgan fingerprint density at radius 2 is 2.00 bits per heavy atom. The van der Waals surface area contributed by atoms with Gasteiger partial charge in [0.1, 0.15) is 11.6 Å². The number of anilines is 1. The van der Waals surface area contributed by atoms with Crippen LogP contribution in [0.25, 0.3) is 0 Å². The number of hydrogen-bond acceptors (Lipinski definition) is 3. The lowest BCUT2D eigenvalue weighted by Crippen LogP contribution is -2.26. The average Bonchev–Trinajstić information content (AvgIpc) is 2.56. The molecule has 0 unspecified atom stereocenters. The van der Waals surface area contributed by atoms with Crippen molar-refractivity contribution < 1.29 is 9.18 Å². The van der Waals surface area contributed by atoms with Gasteiger partial charge >= 0.3 is 0 Å². The molecule has 0 spiro atoms. The first-order valence-electron chi connectivity index (χ1n) is 8.28. The van der Waals surface area contributed by atoms with Gasteiger partial charge in [-0.2, -0.15) is 0 Å². The van der Waals surface area contributed by atoms with Crippen molar-refractivity contribution >= 4 is 11.7 Å². The van der Waals surface area contributed by atoms with Crippen molar-refractivity contribution in [3.63, 3.8) is 0 Å². The number of aromatic nitrogens is 1. The second-order valence-electron chi connectivity index (χ2n) is 6.14. The van der Waals surface area contributed by atoms with Crippen molar-refractivity contribution in [1.29, 1.82) is 0 Å². The van der Waals surface area contributed by atoms with Gasteiger partial charge in [-0.3, -0.25) is 4.79 Å².